The van der Waals surface area contributed by atoms with Crippen molar-refractivity contribution in [2.75, 3.05) is 33.5 Å². The Hall–Kier alpha value is -0.900. The van der Waals surface area contributed by atoms with E-state index in [4.69, 9.17) is 9.47 Å². The van der Waals surface area contributed by atoms with Gasteiger partial charge in [0.25, 0.3) is 0 Å². The molecule has 0 unspecified atom stereocenters. The van der Waals surface area contributed by atoms with Gasteiger partial charge in [-0.2, -0.15) is 0 Å². The van der Waals surface area contributed by atoms with Gasteiger partial charge >= 0.3 is 0 Å². The molecule has 3 nitrogen and oxygen atoms in total. The highest BCUT2D eigenvalue weighted by Crippen LogP contribution is 2.14. The van der Waals surface area contributed by atoms with Crippen LogP contribution in [0.3, 0.4) is 0 Å². The van der Waals surface area contributed by atoms with Gasteiger partial charge in [0, 0.05) is 20.3 Å². The van der Waals surface area contributed by atoms with Gasteiger partial charge in [-0.3, -0.25) is 0 Å². The fraction of sp³-hybridized carbons (Fsp3) is 0.625. The van der Waals surface area contributed by atoms with Gasteiger partial charge in [0.1, 0.15) is 0 Å². The number of aryl methyl sites for hydroxylation is 3. The van der Waals surface area contributed by atoms with Crippen molar-refractivity contribution in [2.45, 2.75) is 33.7 Å². The van der Waals surface area contributed by atoms with Crippen molar-refractivity contribution < 1.29 is 9.47 Å². The minimum Gasteiger partial charge on any atom is -0.382 e. The van der Waals surface area contributed by atoms with Crippen LogP contribution in [0.1, 0.15) is 28.7 Å². The molecule has 1 rings (SSSR count). The summed E-state index contributed by atoms with van der Waals surface area (Å²) < 4.78 is 10.3. The molecule has 0 radical (unpaired) electrons. The first-order chi connectivity index (χ1) is 9.15. The second-order valence-corrected chi connectivity index (χ2v) is 5.00. The number of ether oxygens (including phenoxy) is 2. The Labute approximate surface area is 117 Å². The van der Waals surface area contributed by atoms with Crippen molar-refractivity contribution in [3.05, 3.63) is 34.4 Å². The molecule has 1 N–H and O–H groups in total. The summed E-state index contributed by atoms with van der Waals surface area (Å²) in [5.41, 5.74) is 5.49. The van der Waals surface area contributed by atoms with E-state index < -0.39 is 0 Å². The fourth-order valence-electron chi connectivity index (χ4n) is 1.98. The van der Waals surface area contributed by atoms with Gasteiger partial charge < -0.3 is 14.8 Å². The van der Waals surface area contributed by atoms with E-state index in [2.05, 4.69) is 38.2 Å². The van der Waals surface area contributed by atoms with Gasteiger partial charge in [-0.15, -0.1) is 0 Å². The van der Waals surface area contributed by atoms with Crippen LogP contribution in [0.2, 0.25) is 0 Å². The molecule has 19 heavy (non-hydrogen) atoms. The molecule has 0 aliphatic carbocycles. The molecular formula is C16H27NO2. The maximum absolute atomic E-state index is 5.42. The second-order valence-electron chi connectivity index (χ2n) is 5.00. The molecule has 0 fully saturated rings. The summed E-state index contributed by atoms with van der Waals surface area (Å²) in [4.78, 5) is 0. The number of rotatable bonds is 9. The van der Waals surface area contributed by atoms with Gasteiger partial charge in [0.05, 0.1) is 13.2 Å². The van der Waals surface area contributed by atoms with E-state index in [0.717, 1.165) is 26.1 Å². The largest absolute Gasteiger partial charge is 0.382 e. The Bertz CT molecular complexity index is 377. The average molecular weight is 265 g/mol. The Morgan fingerprint density at radius 1 is 0.947 bits per heavy atom. The highest BCUT2D eigenvalue weighted by atomic mass is 16.5. The number of methoxy groups -OCH3 is 1. The zero-order valence-electron chi connectivity index (χ0n) is 12.7. The molecule has 108 valence electrons. The van der Waals surface area contributed by atoms with E-state index in [0.29, 0.717) is 13.2 Å². The normalized spacial score (nSPS) is 10.9. The predicted octanol–water partition coefficient (Wildman–Crippen LogP) is 2.75. The van der Waals surface area contributed by atoms with E-state index in [9.17, 15) is 0 Å². The van der Waals surface area contributed by atoms with Crippen LogP contribution in [0.25, 0.3) is 0 Å². The molecule has 0 aliphatic heterocycles. The third-order valence-electron chi connectivity index (χ3n) is 3.34. The minimum atomic E-state index is 0.676. The molecule has 0 saturated carbocycles. The summed E-state index contributed by atoms with van der Waals surface area (Å²) in [6, 6.07) is 4.55. The summed E-state index contributed by atoms with van der Waals surface area (Å²) >= 11 is 0. The molecule has 3 heteroatoms. The quantitative estimate of drug-likeness (QED) is 0.696. The molecule has 0 bridgehead atoms. The lowest BCUT2D eigenvalue weighted by molar-refractivity contribution is 0.0695. The molecule has 0 amide bonds. The average Bonchev–Trinajstić information content (AvgIpc) is 2.38. The standard InChI is InChI=1S/C16H27NO2/c1-13-10-15(3)16(11-14(13)2)12-17-6-5-7-19-9-8-18-4/h10-11,17H,5-9,12H2,1-4H3. The van der Waals surface area contributed by atoms with Crippen LogP contribution in [0.15, 0.2) is 12.1 Å². The van der Waals surface area contributed by atoms with Crippen LogP contribution < -0.4 is 5.32 Å². The molecule has 0 saturated heterocycles. The summed E-state index contributed by atoms with van der Waals surface area (Å²) in [6.45, 7) is 10.6. The maximum atomic E-state index is 5.42. The van der Waals surface area contributed by atoms with Crippen molar-refractivity contribution in [3.8, 4) is 0 Å². The third kappa shape index (κ3) is 6.19. The van der Waals surface area contributed by atoms with Crippen LogP contribution >= 0.6 is 0 Å². The zero-order chi connectivity index (χ0) is 14.1. The predicted molar refractivity (Wildman–Crippen MR) is 79.7 cm³/mol. The molecule has 0 spiro atoms. The zero-order valence-corrected chi connectivity index (χ0v) is 12.7. The highest BCUT2D eigenvalue weighted by Gasteiger charge is 2.01. The highest BCUT2D eigenvalue weighted by molar-refractivity contribution is 5.36. The van der Waals surface area contributed by atoms with Crippen molar-refractivity contribution in [1.29, 1.82) is 0 Å². The number of nitrogens with one attached hydrogen (secondary N) is 1. The first kappa shape index (κ1) is 16.2. The van der Waals surface area contributed by atoms with Crippen LogP contribution in [0.4, 0.5) is 0 Å². The Morgan fingerprint density at radius 2 is 1.68 bits per heavy atom. The Kier molecular flexibility index (Phi) is 7.72. The topological polar surface area (TPSA) is 30.5 Å². The lowest BCUT2D eigenvalue weighted by Gasteiger charge is -2.11. The van der Waals surface area contributed by atoms with Crippen molar-refractivity contribution >= 4 is 0 Å². The summed E-state index contributed by atoms with van der Waals surface area (Å²) in [5, 5.41) is 3.47. The number of hydrogen-bond acceptors (Lipinski definition) is 3. The van der Waals surface area contributed by atoms with Crippen molar-refractivity contribution in [2.24, 2.45) is 0 Å². The van der Waals surface area contributed by atoms with Crippen LogP contribution in [0, 0.1) is 20.8 Å². The summed E-state index contributed by atoms with van der Waals surface area (Å²) in [6.07, 6.45) is 1.04. The minimum absolute atomic E-state index is 0.676. The number of hydrogen-bond donors (Lipinski definition) is 1. The van der Waals surface area contributed by atoms with Gasteiger partial charge in [-0.1, -0.05) is 12.1 Å². The van der Waals surface area contributed by atoms with Crippen molar-refractivity contribution in [3.63, 3.8) is 0 Å². The maximum Gasteiger partial charge on any atom is 0.0700 e. The molecule has 1 aromatic carbocycles. The number of benzene rings is 1. The van der Waals surface area contributed by atoms with Gasteiger partial charge in [-0.05, 0) is 56.0 Å². The van der Waals surface area contributed by atoms with E-state index >= 15 is 0 Å². The molecule has 0 aromatic heterocycles. The first-order valence-electron chi connectivity index (χ1n) is 6.99. The van der Waals surface area contributed by atoms with Crippen LogP contribution in [-0.2, 0) is 16.0 Å². The van der Waals surface area contributed by atoms with Crippen molar-refractivity contribution in [1.82, 2.24) is 5.32 Å². The lowest BCUT2D eigenvalue weighted by Crippen LogP contribution is -2.17. The van der Waals surface area contributed by atoms with Gasteiger partial charge in [0.15, 0.2) is 0 Å². The van der Waals surface area contributed by atoms with Gasteiger partial charge in [0.2, 0.25) is 0 Å². The summed E-state index contributed by atoms with van der Waals surface area (Å²) in [5.74, 6) is 0. The SMILES string of the molecule is COCCOCCCNCc1cc(C)c(C)cc1C. The Morgan fingerprint density at radius 3 is 2.42 bits per heavy atom. The van der Waals surface area contributed by atoms with Crippen LogP contribution in [-0.4, -0.2) is 33.5 Å². The second kappa shape index (κ2) is 9.08. The lowest BCUT2D eigenvalue weighted by atomic mass is 10.0. The third-order valence-corrected chi connectivity index (χ3v) is 3.34. The van der Waals surface area contributed by atoms with E-state index in [1.165, 1.54) is 22.3 Å². The molecule has 0 aliphatic rings. The Balaban J connectivity index is 2.17. The monoisotopic (exact) mass is 265 g/mol. The van der Waals surface area contributed by atoms with E-state index in [1.54, 1.807) is 7.11 Å². The fourth-order valence-corrected chi connectivity index (χ4v) is 1.98. The van der Waals surface area contributed by atoms with E-state index in [-0.39, 0.29) is 0 Å². The van der Waals surface area contributed by atoms with Gasteiger partial charge in [-0.25, -0.2) is 0 Å². The summed E-state index contributed by atoms with van der Waals surface area (Å²) in [7, 11) is 1.69. The van der Waals surface area contributed by atoms with E-state index in [1.807, 2.05) is 0 Å². The molecule has 0 atom stereocenters. The molecular weight excluding hydrogens is 238 g/mol. The molecule has 0 heterocycles. The smallest absolute Gasteiger partial charge is 0.0700 e. The first-order valence-corrected chi connectivity index (χ1v) is 6.99. The van der Waals surface area contributed by atoms with Crippen LogP contribution in [0.5, 0.6) is 0 Å². The molecule has 1 aromatic rings.